The standard InChI is InChI=1S/C14H15BrN2O2/c15-12-5-1-2-6-13(12)19-11-14(18)16-7-10-17-8-3-4-9-17/h1-6,8-9H,7,10-11H2,(H,16,18). The molecule has 0 aliphatic heterocycles. The van der Waals surface area contributed by atoms with Crippen molar-refractivity contribution in [2.24, 2.45) is 0 Å². The molecule has 0 unspecified atom stereocenters. The van der Waals surface area contributed by atoms with Crippen molar-refractivity contribution < 1.29 is 9.53 Å². The minimum Gasteiger partial charge on any atom is -0.483 e. The molecular formula is C14H15BrN2O2. The van der Waals surface area contributed by atoms with Crippen LogP contribution < -0.4 is 10.1 Å². The third-order valence-corrected chi connectivity index (χ3v) is 3.21. The molecule has 5 heteroatoms. The number of para-hydroxylation sites is 1. The summed E-state index contributed by atoms with van der Waals surface area (Å²) < 4.78 is 8.27. The first-order chi connectivity index (χ1) is 9.25. The van der Waals surface area contributed by atoms with Gasteiger partial charge < -0.3 is 14.6 Å². The van der Waals surface area contributed by atoms with Gasteiger partial charge in [-0.15, -0.1) is 0 Å². The van der Waals surface area contributed by atoms with Gasteiger partial charge in [-0.25, -0.2) is 0 Å². The van der Waals surface area contributed by atoms with Crippen molar-refractivity contribution >= 4 is 21.8 Å². The van der Waals surface area contributed by atoms with Gasteiger partial charge in [0.15, 0.2) is 6.61 Å². The number of rotatable bonds is 6. The summed E-state index contributed by atoms with van der Waals surface area (Å²) in [6, 6.07) is 11.4. The molecule has 0 aliphatic rings. The van der Waals surface area contributed by atoms with Crippen molar-refractivity contribution in [1.29, 1.82) is 0 Å². The van der Waals surface area contributed by atoms with Crippen LogP contribution in [0, 0.1) is 0 Å². The smallest absolute Gasteiger partial charge is 0.258 e. The van der Waals surface area contributed by atoms with E-state index in [4.69, 9.17) is 4.74 Å². The number of carbonyl (C=O) groups excluding carboxylic acids is 1. The van der Waals surface area contributed by atoms with E-state index in [1.165, 1.54) is 0 Å². The van der Waals surface area contributed by atoms with E-state index in [1.54, 1.807) is 0 Å². The van der Waals surface area contributed by atoms with E-state index in [1.807, 2.05) is 53.4 Å². The van der Waals surface area contributed by atoms with Crippen molar-refractivity contribution in [3.8, 4) is 5.75 Å². The van der Waals surface area contributed by atoms with Crippen molar-refractivity contribution in [2.45, 2.75) is 6.54 Å². The van der Waals surface area contributed by atoms with Crippen molar-refractivity contribution in [3.05, 3.63) is 53.3 Å². The van der Waals surface area contributed by atoms with E-state index in [0.29, 0.717) is 12.3 Å². The lowest BCUT2D eigenvalue weighted by molar-refractivity contribution is -0.123. The third-order valence-electron chi connectivity index (χ3n) is 2.55. The molecule has 1 aromatic carbocycles. The zero-order valence-electron chi connectivity index (χ0n) is 10.4. The number of halogens is 1. The second kappa shape index (κ2) is 6.99. The Hall–Kier alpha value is -1.75. The summed E-state index contributed by atoms with van der Waals surface area (Å²) in [5, 5.41) is 2.81. The SMILES string of the molecule is O=C(COc1ccccc1Br)NCCn1cccc1. The second-order valence-corrected chi connectivity index (χ2v) is 4.84. The quantitative estimate of drug-likeness (QED) is 0.887. The Balaban J connectivity index is 1.69. The maximum atomic E-state index is 11.6. The highest BCUT2D eigenvalue weighted by atomic mass is 79.9. The van der Waals surface area contributed by atoms with Crippen LogP contribution in [0.4, 0.5) is 0 Å². The van der Waals surface area contributed by atoms with Gasteiger partial charge in [-0.3, -0.25) is 4.79 Å². The molecule has 100 valence electrons. The molecule has 0 aliphatic carbocycles. The highest BCUT2D eigenvalue weighted by Gasteiger charge is 2.04. The molecule has 2 rings (SSSR count). The van der Waals surface area contributed by atoms with Gasteiger partial charge in [-0.2, -0.15) is 0 Å². The summed E-state index contributed by atoms with van der Waals surface area (Å²) in [7, 11) is 0. The second-order valence-electron chi connectivity index (χ2n) is 3.99. The Bertz CT molecular complexity index is 526. The molecule has 4 nitrogen and oxygen atoms in total. The van der Waals surface area contributed by atoms with Gasteiger partial charge in [0.1, 0.15) is 5.75 Å². The number of nitrogens with one attached hydrogen (secondary N) is 1. The molecule has 1 aromatic heterocycles. The van der Waals surface area contributed by atoms with E-state index in [9.17, 15) is 4.79 Å². The summed E-state index contributed by atoms with van der Waals surface area (Å²) >= 11 is 3.37. The fraction of sp³-hybridized carbons (Fsp3) is 0.214. The Morgan fingerprint density at radius 3 is 2.68 bits per heavy atom. The molecule has 19 heavy (non-hydrogen) atoms. The number of ether oxygens (including phenoxy) is 1. The molecule has 0 bridgehead atoms. The predicted octanol–water partition coefficient (Wildman–Crippen LogP) is 2.45. The molecular weight excluding hydrogens is 308 g/mol. The average Bonchev–Trinajstić information content (AvgIpc) is 2.91. The van der Waals surface area contributed by atoms with E-state index in [-0.39, 0.29) is 12.5 Å². The van der Waals surface area contributed by atoms with Gasteiger partial charge in [-0.05, 0) is 40.2 Å². The molecule has 0 saturated carbocycles. The van der Waals surface area contributed by atoms with E-state index in [0.717, 1.165) is 11.0 Å². The molecule has 2 aromatic rings. The van der Waals surface area contributed by atoms with Crippen molar-refractivity contribution in [2.75, 3.05) is 13.2 Å². The van der Waals surface area contributed by atoms with Crippen molar-refractivity contribution in [3.63, 3.8) is 0 Å². The Morgan fingerprint density at radius 2 is 1.95 bits per heavy atom. The fourth-order valence-electron chi connectivity index (χ4n) is 1.60. The highest BCUT2D eigenvalue weighted by molar-refractivity contribution is 9.10. The molecule has 0 fully saturated rings. The lowest BCUT2D eigenvalue weighted by Crippen LogP contribution is -2.31. The lowest BCUT2D eigenvalue weighted by Gasteiger charge is -2.09. The zero-order valence-corrected chi connectivity index (χ0v) is 12.0. The maximum absolute atomic E-state index is 11.6. The van der Waals surface area contributed by atoms with Crippen LogP contribution in [0.1, 0.15) is 0 Å². The first-order valence-electron chi connectivity index (χ1n) is 6.00. The zero-order chi connectivity index (χ0) is 13.5. The van der Waals surface area contributed by atoms with Crippen molar-refractivity contribution in [1.82, 2.24) is 9.88 Å². The predicted molar refractivity (Wildman–Crippen MR) is 77.1 cm³/mol. The lowest BCUT2D eigenvalue weighted by atomic mass is 10.3. The van der Waals surface area contributed by atoms with Gasteiger partial charge in [0.25, 0.3) is 5.91 Å². The number of aromatic nitrogens is 1. The molecule has 1 N–H and O–H groups in total. The molecule has 1 amide bonds. The Labute approximate surface area is 120 Å². The summed E-state index contributed by atoms with van der Waals surface area (Å²) in [6.45, 7) is 1.37. The number of benzene rings is 1. The van der Waals surface area contributed by atoms with E-state index >= 15 is 0 Å². The van der Waals surface area contributed by atoms with Crippen LogP contribution in [0.25, 0.3) is 0 Å². The third kappa shape index (κ3) is 4.44. The van der Waals surface area contributed by atoms with Gasteiger partial charge in [-0.1, -0.05) is 12.1 Å². The molecule has 0 atom stereocenters. The normalized spacial score (nSPS) is 10.2. The maximum Gasteiger partial charge on any atom is 0.258 e. The van der Waals surface area contributed by atoms with Crippen LogP contribution in [0.3, 0.4) is 0 Å². The first kappa shape index (κ1) is 13.7. The number of hydrogen-bond acceptors (Lipinski definition) is 2. The fourth-order valence-corrected chi connectivity index (χ4v) is 2.00. The summed E-state index contributed by atoms with van der Waals surface area (Å²) in [5.41, 5.74) is 0. The van der Waals surface area contributed by atoms with Crippen LogP contribution in [-0.2, 0) is 11.3 Å². The summed E-state index contributed by atoms with van der Waals surface area (Å²) in [6.07, 6.45) is 3.92. The van der Waals surface area contributed by atoms with Gasteiger partial charge in [0.2, 0.25) is 0 Å². The minimum absolute atomic E-state index is 0.0221. The van der Waals surface area contributed by atoms with Gasteiger partial charge in [0, 0.05) is 25.5 Å². The van der Waals surface area contributed by atoms with Crippen LogP contribution in [0.2, 0.25) is 0 Å². The van der Waals surface area contributed by atoms with Gasteiger partial charge in [0.05, 0.1) is 4.47 Å². The largest absolute Gasteiger partial charge is 0.483 e. The topological polar surface area (TPSA) is 43.3 Å². The molecule has 1 heterocycles. The number of carbonyl (C=O) groups is 1. The molecule has 0 radical (unpaired) electrons. The van der Waals surface area contributed by atoms with Crippen LogP contribution in [0.5, 0.6) is 5.75 Å². The molecule has 0 saturated heterocycles. The summed E-state index contributed by atoms with van der Waals surface area (Å²) in [5.74, 6) is 0.547. The highest BCUT2D eigenvalue weighted by Crippen LogP contribution is 2.23. The van der Waals surface area contributed by atoms with Gasteiger partial charge >= 0.3 is 0 Å². The van der Waals surface area contributed by atoms with E-state index in [2.05, 4.69) is 21.2 Å². The number of hydrogen-bond donors (Lipinski definition) is 1. The minimum atomic E-state index is -0.122. The Morgan fingerprint density at radius 1 is 1.21 bits per heavy atom. The molecule has 0 spiro atoms. The average molecular weight is 323 g/mol. The van der Waals surface area contributed by atoms with Crippen LogP contribution in [0.15, 0.2) is 53.3 Å². The monoisotopic (exact) mass is 322 g/mol. The van der Waals surface area contributed by atoms with Crippen LogP contribution >= 0.6 is 15.9 Å². The summed E-state index contributed by atoms with van der Waals surface area (Å²) in [4.78, 5) is 11.6. The van der Waals surface area contributed by atoms with E-state index < -0.39 is 0 Å². The number of amides is 1. The Kier molecular flexibility index (Phi) is 5.03. The van der Waals surface area contributed by atoms with Crippen LogP contribution in [-0.4, -0.2) is 23.6 Å². The number of nitrogens with zero attached hydrogens (tertiary/aromatic N) is 1. The first-order valence-corrected chi connectivity index (χ1v) is 6.80.